The molecule has 0 heterocycles. The van der Waals surface area contributed by atoms with Crippen LogP contribution in [0.25, 0.3) is 0 Å². The molecule has 1 amide bonds. The molecule has 0 atom stereocenters. The van der Waals surface area contributed by atoms with E-state index >= 15 is 0 Å². The van der Waals surface area contributed by atoms with Gasteiger partial charge in [-0.1, -0.05) is 70.5 Å². The van der Waals surface area contributed by atoms with Gasteiger partial charge in [0.2, 0.25) is 0 Å². The van der Waals surface area contributed by atoms with Crippen molar-refractivity contribution in [3.8, 4) is 17.2 Å². The average Bonchev–Trinajstić information content (AvgIpc) is 2.93. The lowest BCUT2D eigenvalue weighted by Gasteiger charge is -2.14. The highest BCUT2D eigenvalue weighted by Gasteiger charge is 2.10. The largest absolute Gasteiger partial charge is 0.490 e. The summed E-state index contributed by atoms with van der Waals surface area (Å²) in [4.78, 5) is 12.2. The predicted molar refractivity (Wildman–Crippen MR) is 148 cm³/mol. The van der Waals surface area contributed by atoms with Crippen molar-refractivity contribution in [1.82, 2.24) is 5.43 Å². The first kappa shape index (κ1) is 26.0. The lowest BCUT2D eigenvalue weighted by Crippen LogP contribution is -2.17. The number of ether oxygens (including phenoxy) is 3. The summed E-state index contributed by atoms with van der Waals surface area (Å²) in [6.45, 7) is 3.24. The first-order chi connectivity index (χ1) is 18.1. The van der Waals surface area contributed by atoms with E-state index in [1.807, 2.05) is 79.7 Å². The van der Waals surface area contributed by atoms with Crippen molar-refractivity contribution in [3.05, 3.63) is 124 Å². The van der Waals surface area contributed by atoms with Crippen LogP contribution in [0.3, 0.4) is 0 Å². The van der Waals surface area contributed by atoms with Crippen molar-refractivity contribution in [2.75, 3.05) is 6.61 Å². The van der Waals surface area contributed by atoms with E-state index in [9.17, 15) is 4.79 Å². The van der Waals surface area contributed by atoms with Gasteiger partial charge in [-0.25, -0.2) is 5.43 Å². The summed E-state index contributed by atoms with van der Waals surface area (Å²) < 4.78 is 18.8. The SMILES string of the molecule is CCOc1cc(COc2ccc(Br)cc2/C=N/NC(=O)c2ccccc2)ccc1OCc1ccccc1. The van der Waals surface area contributed by atoms with Crippen molar-refractivity contribution < 1.29 is 19.0 Å². The monoisotopic (exact) mass is 558 g/mol. The van der Waals surface area contributed by atoms with Crippen LogP contribution in [0.15, 0.2) is 107 Å². The molecule has 0 spiro atoms. The van der Waals surface area contributed by atoms with Gasteiger partial charge >= 0.3 is 0 Å². The van der Waals surface area contributed by atoms with E-state index in [-0.39, 0.29) is 5.91 Å². The van der Waals surface area contributed by atoms with Crippen molar-refractivity contribution in [2.45, 2.75) is 20.1 Å². The molecule has 4 rings (SSSR count). The molecule has 0 unspecified atom stereocenters. The molecule has 6 nitrogen and oxygen atoms in total. The summed E-state index contributed by atoms with van der Waals surface area (Å²) in [7, 11) is 0. The van der Waals surface area contributed by atoms with Gasteiger partial charge in [-0.15, -0.1) is 0 Å². The second-order valence-corrected chi connectivity index (χ2v) is 8.94. The molecule has 0 radical (unpaired) electrons. The molecule has 188 valence electrons. The summed E-state index contributed by atoms with van der Waals surface area (Å²) in [5.41, 5.74) is 5.81. The van der Waals surface area contributed by atoms with Crippen LogP contribution in [-0.2, 0) is 13.2 Å². The minimum atomic E-state index is -0.285. The highest BCUT2D eigenvalue weighted by Crippen LogP contribution is 2.30. The summed E-state index contributed by atoms with van der Waals surface area (Å²) in [5.74, 6) is 1.69. The van der Waals surface area contributed by atoms with E-state index in [0.717, 1.165) is 21.2 Å². The maximum atomic E-state index is 12.2. The first-order valence-electron chi connectivity index (χ1n) is 11.9. The van der Waals surface area contributed by atoms with Crippen LogP contribution in [0.4, 0.5) is 0 Å². The van der Waals surface area contributed by atoms with E-state index in [4.69, 9.17) is 14.2 Å². The Balaban J connectivity index is 1.42. The van der Waals surface area contributed by atoms with Gasteiger partial charge in [-0.3, -0.25) is 4.79 Å². The molecule has 1 N–H and O–H groups in total. The standard InChI is InChI=1S/C30H27BrN2O4/c1-2-35-29-17-23(13-15-28(29)37-20-22-9-5-3-6-10-22)21-36-27-16-14-26(31)18-25(27)19-32-33-30(34)24-11-7-4-8-12-24/h3-19H,2,20-21H2,1H3,(H,33,34)/b32-19+. The lowest BCUT2D eigenvalue weighted by atomic mass is 10.2. The van der Waals surface area contributed by atoms with Crippen LogP contribution in [0.5, 0.6) is 17.2 Å². The summed E-state index contributed by atoms with van der Waals surface area (Å²) in [6.07, 6.45) is 1.56. The predicted octanol–water partition coefficient (Wildman–Crippen LogP) is 6.77. The molecular formula is C30H27BrN2O4. The number of nitrogens with one attached hydrogen (secondary N) is 1. The first-order valence-corrected chi connectivity index (χ1v) is 12.6. The Kier molecular flexibility index (Phi) is 9.32. The Morgan fingerprint density at radius 1 is 0.784 bits per heavy atom. The topological polar surface area (TPSA) is 69.2 Å². The highest BCUT2D eigenvalue weighted by molar-refractivity contribution is 9.10. The minimum Gasteiger partial charge on any atom is -0.490 e. The molecule has 0 aliphatic rings. The Labute approximate surface area is 225 Å². The molecule has 37 heavy (non-hydrogen) atoms. The Bertz CT molecular complexity index is 1340. The van der Waals surface area contributed by atoms with Crippen LogP contribution in [0, 0.1) is 0 Å². The summed E-state index contributed by atoms with van der Waals surface area (Å²) in [5, 5.41) is 4.11. The highest BCUT2D eigenvalue weighted by atomic mass is 79.9. The molecule has 0 bridgehead atoms. The maximum absolute atomic E-state index is 12.2. The van der Waals surface area contributed by atoms with Gasteiger partial charge in [0.15, 0.2) is 11.5 Å². The smallest absolute Gasteiger partial charge is 0.271 e. The Morgan fingerprint density at radius 3 is 2.22 bits per heavy atom. The minimum absolute atomic E-state index is 0.285. The van der Waals surface area contributed by atoms with Gasteiger partial charge in [0.1, 0.15) is 19.0 Å². The van der Waals surface area contributed by atoms with Gasteiger partial charge in [0, 0.05) is 15.6 Å². The lowest BCUT2D eigenvalue weighted by molar-refractivity contribution is 0.0955. The zero-order chi connectivity index (χ0) is 25.9. The van der Waals surface area contributed by atoms with Crippen molar-refractivity contribution in [2.24, 2.45) is 5.10 Å². The normalized spacial score (nSPS) is 10.8. The number of hydrazone groups is 1. The maximum Gasteiger partial charge on any atom is 0.271 e. The van der Waals surface area contributed by atoms with E-state index in [1.165, 1.54) is 0 Å². The number of carbonyl (C=O) groups excluding carboxylic acids is 1. The quantitative estimate of drug-likeness (QED) is 0.163. The molecule has 7 heteroatoms. The molecule has 0 saturated heterocycles. The number of amides is 1. The van der Waals surface area contributed by atoms with Gasteiger partial charge < -0.3 is 14.2 Å². The Morgan fingerprint density at radius 2 is 1.46 bits per heavy atom. The number of carbonyl (C=O) groups is 1. The molecular weight excluding hydrogens is 532 g/mol. The zero-order valence-electron chi connectivity index (χ0n) is 20.4. The summed E-state index contributed by atoms with van der Waals surface area (Å²) >= 11 is 3.48. The van der Waals surface area contributed by atoms with E-state index < -0.39 is 0 Å². The molecule has 0 aliphatic carbocycles. The van der Waals surface area contributed by atoms with E-state index in [1.54, 1.807) is 30.5 Å². The fraction of sp³-hybridized carbons (Fsp3) is 0.133. The number of nitrogens with zero attached hydrogens (tertiary/aromatic N) is 1. The number of rotatable bonds is 11. The second-order valence-electron chi connectivity index (χ2n) is 8.02. The number of hydrogen-bond acceptors (Lipinski definition) is 5. The van der Waals surface area contributed by atoms with Crippen LogP contribution in [0.2, 0.25) is 0 Å². The van der Waals surface area contributed by atoms with Gasteiger partial charge in [-0.05, 0) is 60.5 Å². The zero-order valence-corrected chi connectivity index (χ0v) is 22.0. The van der Waals surface area contributed by atoms with Crippen LogP contribution >= 0.6 is 15.9 Å². The second kappa shape index (κ2) is 13.3. The van der Waals surface area contributed by atoms with E-state index in [0.29, 0.717) is 42.6 Å². The molecule has 0 aliphatic heterocycles. The molecule has 4 aromatic rings. The fourth-order valence-corrected chi connectivity index (χ4v) is 3.87. The third-order valence-corrected chi connectivity index (χ3v) is 5.81. The average molecular weight is 559 g/mol. The fourth-order valence-electron chi connectivity index (χ4n) is 3.49. The number of hydrogen-bond donors (Lipinski definition) is 1. The van der Waals surface area contributed by atoms with Gasteiger partial charge in [0.25, 0.3) is 5.91 Å². The van der Waals surface area contributed by atoms with Crippen molar-refractivity contribution in [3.63, 3.8) is 0 Å². The number of halogens is 1. The van der Waals surface area contributed by atoms with Crippen LogP contribution in [-0.4, -0.2) is 18.7 Å². The van der Waals surface area contributed by atoms with Crippen LogP contribution in [0.1, 0.15) is 34.0 Å². The van der Waals surface area contributed by atoms with Gasteiger partial charge in [0.05, 0.1) is 12.8 Å². The molecule has 0 saturated carbocycles. The third-order valence-electron chi connectivity index (χ3n) is 5.32. The molecule has 0 aromatic heterocycles. The third kappa shape index (κ3) is 7.69. The van der Waals surface area contributed by atoms with Crippen LogP contribution < -0.4 is 19.6 Å². The van der Waals surface area contributed by atoms with E-state index in [2.05, 4.69) is 26.5 Å². The Hall–Kier alpha value is -4.10. The summed E-state index contributed by atoms with van der Waals surface area (Å²) in [6, 6.07) is 30.3. The van der Waals surface area contributed by atoms with Crippen molar-refractivity contribution in [1.29, 1.82) is 0 Å². The molecule has 4 aromatic carbocycles. The molecule has 0 fully saturated rings. The van der Waals surface area contributed by atoms with Crippen molar-refractivity contribution >= 4 is 28.1 Å². The number of benzene rings is 4. The van der Waals surface area contributed by atoms with Gasteiger partial charge in [-0.2, -0.15) is 5.10 Å².